The number of aromatic nitrogens is 2. The first-order valence-electron chi connectivity index (χ1n) is 9.16. The molecule has 2 atom stereocenters. The molecule has 25 heavy (non-hydrogen) atoms. The number of carbonyl (C=O) groups excluding carboxylic acids is 1. The van der Waals surface area contributed by atoms with Crippen LogP contribution in [0.1, 0.15) is 32.1 Å². The van der Waals surface area contributed by atoms with Gasteiger partial charge < -0.3 is 10.2 Å². The van der Waals surface area contributed by atoms with Gasteiger partial charge in [0.25, 0.3) is 5.56 Å². The first kappa shape index (κ1) is 16.7. The number of piperidine rings is 2. The summed E-state index contributed by atoms with van der Waals surface area (Å²) in [6, 6.07) is 2.44. The van der Waals surface area contributed by atoms with Crippen LogP contribution >= 0.6 is 11.3 Å². The van der Waals surface area contributed by atoms with E-state index in [1.54, 1.807) is 0 Å². The van der Waals surface area contributed by atoms with Crippen LogP contribution in [-0.4, -0.2) is 46.0 Å². The zero-order valence-corrected chi connectivity index (χ0v) is 15.1. The first-order valence-corrected chi connectivity index (χ1v) is 10.0. The lowest BCUT2D eigenvalue weighted by Gasteiger charge is -2.44. The second-order valence-corrected chi connectivity index (χ2v) is 8.03. The van der Waals surface area contributed by atoms with Gasteiger partial charge in [-0.1, -0.05) is 6.42 Å². The fraction of sp³-hybridized carbons (Fsp3) is 0.611. The van der Waals surface area contributed by atoms with Crippen LogP contribution in [-0.2, 0) is 11.3 Å². The maximum Gasteiger partial charge on any atom is 0.271 e. The van der Waals surface area contributed by atoms with Gasteiger partial charge in [-0.2, -0.15) is 0 Å². The molecule has 0 aromatic carbocycles. The average Bonchev–Trinajstić information content (AvgIpc) is 3.12. The van der Waals surface area contributed by atoms with Gasteiger partial charge >= 0.3 is 0 Å². The molecule has 0 spiro atoms. The molecule has 6 nitrogen and oxygen atoms in total. The van der Waals surface area contributed by atoms with Crippen molar-refractivity contribution >= 4 is 27.5 Å². The Morgan fingerprint density at radius 2 is 2.16 bits per heavy atom. The van der Waals surface area contributed by atoms with Crippen molar-refractivity contribution in [3.05, 3.63) is 28.1 Å². The van der Waals surface area contributed by atoms with E-state index in [4.69, 9.17) is 0 Å². The van der Waals surface area contributed by atoms with E-state index in [-0.39, 0.29) is 18.0 Å². The maximum atomic E-state index is 12.4. The minimum absolute atomic E-state index is 0.0424. The Hall–Kier alpha value is -1.73. The van der Waals surface area contributed by atoms with Crippen LogP contribution in [0.15, 0.2) is 22.6 Å². The molecule has 0 aliphatic carbocycles. The third kappa shape index (κ3) is 3.48. The minimum atomic E-state index is -0.133. The molecule has 4 heterocycles. The molecule has 1 amide bonds. The van der Waals surface area contributed by atoms with E-state index in [0.717, 1.165) is 0 Å². The van der Waals surface area contributed by atoms with Crippen LogP contribution in [0.4, 0.5) is 0 Å². The van der Waals surface area contributed by atoms with Gasteiger partial charge in [-0.15, -0.1) is 11.3 Å². The van der Waals surface area contributed by atoms with Crippen molar-refractivity contribution in [3.63, 3.8) is 0 Å². The summed E-state index contributed by atoms with van der Waals surface area (Å²) in [4.78, 5) is 31.5. The van der Waals surface area contributed by atoms with Gasteiger partial charge in [0.2, 0.25) is 5.91 Å². The van der Waals surface area contributed by atoms with Crippen molar-refractivity contribution in [2.45, 2.75) is 44.7 Å². The Morgan fingerprint density at radius 1 is 1.28 bits per heavy atom. The number of fused-ring (bicyclic) bond motifs is 2. The summed E-state index contributed by atoms with van der Waals surface area (Å²) >= 11 is 1.37. The molecule has 0 bridgehead atoms. The van der Waals surface area contributed by atoms with E-state index in [9.17, 15) is 9.59 Å². The third-order valence-electron chi connectivity index (χ3n) is 5.54. The fourth-order valence-corrected chi connectivity index (χ4v) is 5.06. The largest absolute Gasteiger partial charge is 0.354 e. The summed E-state index contributed by atoms with van der Waals surface area (Å²) in [5.74, 6) is 0.431. The van der Waals surface area contributed by atoms with Gasteiger partial charge in [0.1, 0.15) is 11.2 Å². The molecule has 0 radical (unpaired) electrons. The van der Waals surface area contributed by atoms with Crippen LogP contribution < -0.4 is 10.9 Å². The Kier molecular flexibility index (Phi) is 4.85. The molecular formula is C18H24N4O2S. The van der Waals surface area contributed by atoms with Gasteiger partial charge in [0, 0.05) is 12.6 Å². The topological polar surface area (TPSA) is 67.2 Å². The summed E-state index contributed by atoms with van der Waals surface area (Å²) in [6.07, 6.45) is 7.73. The Bertz CT molecular complexity index is 813. The van der Waals surface area contributed by atoms with E-state index in [0.29, 0.717) is 28.7 Å². The summed E-state index contributed by atoms with van der Waals surface area (Å²) in [5, 5.41) is 4.90. The van der Waals surface area contributed by atoms with E-state index >= 15 is 0 Å². The van der Waals surface area contributed by atoms with Gasteiger partial charge in [-0.05, 0) is 56.1 Å². The number of nitrogens with zero attached hydrogens (tertiary/aromatic N) is 3. The SMILES string of the molecule is O=C(Cn1cnc2ccsc2c1=O)NC[C@@H]1CCCN2CCCC[C@H]12. The quantitative estimate of drug-likeness (QED) is 0.903. The van der Waals surface area contributed by atoms with E-state index in [1.165, 1.54) is 67.4 Å². The lowest BCUT2D eigenvalue weighted by molar-refractivity contribution is -0.122. The smallest absolute Gasteiger partial charge is 0.271 e. The van der Waals surface area contributed by atoms with Gasteiger partial charge in [-0.25, -0.2) is 4.98 Å². The molecule has 2 aromatic heterocycles. The number of amides is 1. The molecular weight excluding hydrogens is 336 g/mol. The van der Waals surface area contributed by atoms with E-state index in [2.05, 4.69) is 15.2 Å². The predicted molar refractivity (Wildman–Crippen MR) is 98.8 cm³/mol. The summed E-state index contributed by atoms with van der Waals surface area (Å²) < 4.78 is 2.02. The first-order chi connectivity index (χ1) is 12.2. The van der Waals surface area contributed by atoms with Crippen molar-refractivity contribution in [2.75, 3.05) is 19.6 Å². The highest BCUT2D eigenvalue weighted by molar-refractivity contribution is 7.17. The zero-order valence-electron chi connectivity index (χ0n) is 14.3. The average molecular weight is 360 g/mol. The third-order valence-corrected chi connectivity index (χ3v) is 6.43. The lowest BCUT2D eigenvalue weighted by Crippen LogP contribution is -2.51. The molecule has 2 saturated heterocycles. The summed E-state index contributed by atoms with van der Waals surface area (Å²) in [6.45, 7) is 3.16. The number of nitrogens with one attached hydrogen (secondary N) is 1. The van der Waals surface area contributed by atoms with E-state index < -0.39 is 0 Å². The standard InChI is InChI=1S/C18H24N4O2S/c23-16(11-22-12-20-14-6-9-25-17(14)18(22)24)19-10-13-4-3-8-21-7-2-1-5-15(13)21/h6,9,12-13,15H,1-5,7-8,10-11H2,(H,19,23)/t13-,15+/m0/s1. The van der Waals surface area contributed by atoms with Crippen LogP contribution in [0.25, 0.3) is 10.2 Å². The molecule has 0 unspecified atom stereocenters. The maximum absolute atomic E-state index is 12.4. The highest BCUT2D eigenvalue weighted by atomic mass is 32.1. The van der Waals surface area contributed by atoms with Crippen LogP contribution in [0, 0.1) is 5.92 Å². The molecule has 0 saturated carbocycles. The highest BCUT2D eigenvalue weighted by Crippen LogP contribution is 2.30. The molecule has 2 aromatic rings. The molecule has 7 heteroatoms. The van der Waals surface area contributed by atoms with Crippen molar-refractivity contribution in [1.29, 1.82) is 0 Å². The van der Waals surface area contributed by atoms with Crippen molar-refractivity contribution < 1.29 is 4.79 Å². The predicted octanol–water partition coefficient (Wildman–Crippen LogP) is 1.84. The van der Waals surface area contributed by atoms with Crippen molar-refractivity contribution in [1.82, 2.24) is 19.8 Å². The Labute approximate surface area is 150 Å². The molecule has 1 N–H and O–H groups in total. The van der Waals surface area contributed by atoms with Gasteiger partial charge in [0.15, 0.2) is 0 Å². The summed E-state index contributed by atoms with van der Waals surface area (Å²) in [7, 11) is 0. The number of thiophene rings is 1. The van der Waals surface area contributed by atoms with Crippen LogP contribution in [0.2, 0.25) is 0 Å². The molecule has 2 aliphatic heterocycles. The Balaban J connectivity index is 1.37. The number of carbonyl (C=O) groups is 1. The summed E-state index contributed by atoms with van der Waals surface area (Å²) in [5.41, 5.74) is 0.567. The lowest BCUT2D eigenvalue weighted by atomic mass is 9.83. The highest BCUT2D eigenvalue weighted by Gasteiger charge is 2.32. The van der Waals surface area contributed by atoms with Gasteiger partial charge in [-0.3, -0.25) is 14.2 Å². The molecule has 4 rings (SSSR count). The second kappa shape index (κ2) is 7.25. The van der Waals surface area contributed by atoms with Crippen molar-refractivity contribution in [2.24, 2.45) is 5.92 Å². The number of hydrogen-bond acceptors (Lipinski definition) is 5. The van der Waals surface area contributed by atoms with E-state index in [1.807, 2.05) is 11.4 Å². The minimum Gasteiger partial charge on any atom is -0.354 e. The Morgan fingerprint density at radius 3 is 3.08 bits per heavy atom. The fourth-order valence-electron chi connectivity index (χ4n) is 4.26. The molecule has 134 valence electrons. The molecule has 2 fully saturated rings. The number of hydrogen-bond donors (Lipinski definition) is 1. The van der Waals surface area contributed by atoms with Crippen molar-refractivity contribution in [3.8, 4) is 0 Å². The second-order valence-electron chi connectivity index (χ2n) is 7.12. The van der Waals surface area contributed by atoms with Gasteiger partial charge in [0.05, 0.1) is 11.8 Å². The zero-order chi connectivity index (χ0) is 17.2. The number of rotatable bonds is 4. The molecule has 2 aliphatic rings. The monoisotopic (exact) mass is 360 g/mol. The van der Waals surface area contributed by atoms with Crippen LogP contribution in [0.5, 0.6) is 0 Å². The van der Waals surface area contributed by atoms with Crippen LogP contribution in [0.3, 0.4) is 0 Å². The normalized spacial score (nSPS) is 24.2.